The number of aromatic nitrogens is 1. The Hall–Kier alpha value is -4.61. The Morgan fingerprint density at radius 1 is 0.675 bits per heavy atom. The smallest absolute Gasteiger partial charge is 0.271 e. The van der Waals surface area contributed by atoms with Crippen LogP contribution in [0.15, 0.2) is 77.2 Å². The van der Waals surface area contributed by atoms with Gasteiger partial charge in [-0.15, -0.1) is 0 Å². The van der Waals surface area contributed by atoms with Crippen molar-refractivity contribution in [2.75, 3.05) is 62.4 Å². The van der Waals surface area contributed by atoms with Crippen LogP contribution in [0.3, 0.4) is 0 Å². The molecule has 3 aromatic rings. The number of carbonyl (C=O) groups is 2. The lowest BCUT2D eigenvalue weighted by Crippen LogP contribution is -2.36. The first-order valence-corrected chi connectivity index (χ1v) is 13.1. The third kappa shape index (κ3) is 7.28. The maximum absolute atomic E-state index is 12.5. The van der Waals surface area contributed by atoms with E-state index in [9.17, 15) is 9.59 Å². The Kier molecular flexibility index (Phi) is 9.07. The SMILES string of the molecule is O=C(NN=Cc1cncc(C=NNC(=O)c2ccc(N3CCOCC3)cc2)c1)c1ccc(N2CCOCC2)cc1. The fourth-order valence-electron chi connectivity index (χ4n) is 4.37. The van der Waals surface area contributed by atoms with E-state index in [-0.39, 0.29) is 11.8 Å². The largest absolute Gasteiger partial charge is 0.378 e. The molecule has 2 N–H and O–H groups in total. The summed E-state index contributed by atoms with van der Waals surface area (Å²) in [6.07, 6.45) is 6.22. The Balaban J connectivity index is 1.10. The van der Waals surface area contributed by atoms with Gasteiger partial charge in [0.1, 0.15) is 0 Å². The number of hydrazone groups is 2. The molecule has 0 atom stereocenters. The molecule has 2 aliphatic heterocycles. The van der Waals surface area contributed by atoms with Crippen LogP contribution in [0.5, 0.6) is 0 Å². The van der Waals surface area contributed by atoms with E-state index in [0.717, 1.165) is 37.6 Å². The number of anilines is 2. The topological polar surface area (TPSA) is 121 Å². The van der Waals surface area contributed by atoms with E-state index < -0.39 is 0 Å². The Bertz CT molecular complexity index is 1250. The van der Waals surface area contributed by atoms with Gasteiger partial charge in [-0.3, -0.25) is 14.6 Å². The minimum absolute atomic E-state index is 0.309. The van der Waals surface area contributed by atoms with Crippen LogP contribution in [-0.2, 0) is 9.47 Å². The molecule has 11 nitrogen and oxygen atoms in total. The number of carbonyl (C=O) groups excluding carboxylic acids is 2. The van der Waals surface area contributed by atoms with Crippen LogP contribution in [0.25, 0.3) is 0 Å². The molecule has 5 rings (SSSR count). The number of rotatable bonds is 8. The highest BCUT2D eigenvalue weighted by molar-refractivity contribution is 5.96. The average molecular weight is 542 g/mol. The summed E-state index contributed by atoms with van der Waals surface area (Å²) in [5.41, 5.74) is 9.55. The van der Waals surface area contributed by atoms with Gasteiger partial charge < -0.3 is 19.3 Å². The van der Waals surface area contributed by atoms with Gasteiger partial charge in [0.15, 0.2) is 0 Å². The number of amides is 2. The Morgan fingerprint density at radius 3 is 1.48 bits per heavy atom. The van der Waals surface area contributed by atoms with E-state index in [4.69, 9.17) is 9.47 Å². The van der Waals surface area contributed by atoms with Gasteiger partial charge in [-0.1, -0.05) is 0 Å². The van der Waals surface area contributed by atoms with E-state index in [1.807, 2.05) is 24.3 Å². The Morgan fingerprint density at radius 2 is 1.07 bits per heavy atom. The lowest BCUT2D eigenvalue weighted by molar-refractivity contribution is 0.0947. The molecule has 0 radical (unpaired) electrons. The molecule has 0 bridgehead atoms. The second-order valence-corrected chi connectivity index (χ2v) is 9.24. The summed E-state index contributed by atoms with van der Waals surface area (Å²) < 4.78 is 10.8. The second kappa shape index (κ2) is 13.5. The zero-order valence-electron chi connectivity index (χ0n) is 22.0. The first-order valence-electron chi connectivity index (χ1n) is 13.1. The molecule has 2 saturated heterocycles. The summed E-state index contributed by atoms with van der Waals surface area (Å²) in [6.45, 7) is 6.17. The molecule has 0 unspecified atom stereocenters. The summed E-state index contributed by atoms with van der Waals surface area (Å²) >= 11 is 0. The van der Waals surface area contributed by atoms with Crippen molar-refractivity contribution in [1.82, 2.24) is 15.8 Å². The third-order valence-electron chi connectivity index (χ3n) is 6.55. The molecule has 206 valence electrons. The zero-order valence-corrected chi connectivity index (χ0v) is 22.0. The summed E-state index contributed by atoms with van der Waals surface area (Å²) in [4.78, 5) is 33.6. The highest BCUT2D eigenvalue weighted by Crippen LogP contribution is 2.17. The number of benzene rings is 2. The predicted molar refractivity (Wildman–Crippen MR) is 153 cm³/mol. The molecule has 0 aliphatic carbocycles. The van der Waals surface area contributed by atoms with Crippen molar-refractivity contribution < 1.29 is 19.1 Å². The lowest BCUT2D eigenvalue weighted by Gasteiger charge is -2.28. The van der Waals surface area contributed by atoms with Crippen molar-refractivity contribution in [1.29, 1.82) is 0 Å². The number of hydrogen-bond donors (Lipinski definition) is 2. The van der Waals surface area contributed by atoms with E-state index >= 15 is 0 Å². The van der Waals surface area contributed by atoms with Crippen LogP contribution in [0.4, 0.5) is 11.4 Å². The van der Waals surface area contributed by atoms with Crippen molar-refractivity contribution in [3.05, 3.63) is 89.2 Å². The van der Waals surface area contributed by atoms with Gasteiger partial charge in [0.25, 0.3) is 11.8 Å². The number of nitrogens with zero attached hydrogens (tertiary/aromatic N) is 5. The number of nitrogens with one attached hydrogen (secondary N) is 2. The molecule has 3 heterocycles. The first kappa shape index (κ1) is 27.0. The highest BCUT2D eigenvalue weighted by atomic mass is 16.5. The van der Waals surface area contributed by atoms with Gasteiger partial charge in [0.2, 0.25) is 0 Å². The third-order valence-corrected chi connectivity index (χ3v) is 6.55. The van der Waals surface area contributed by atoms with Crippen molar-refractivity contribution >= 4 is 35.6 Å². The van der Waals surface area contributed by atoms with Crippen LogP contribution in [0.2, 0.25) is 0 Å². The summed E-state index contributed by atoms with van der Waals surface area (Å²) in [7, 11) is 0. The molecular formula is C29H31N7O4. The van der Waals surface area contributed by atoms with Crippen molar-refractivity contribution in [3.8, 4) is 0 Å². The average Bonchev–Trinajstić information content (AvgIpc) is 3.02. The normalized spacial score (nSPS) is 15.9. The monoisotopic (exact) mass is 541 g/mol. The molecule has 0 spiro atoms. The molecule has 40 heavy (non-hydrogen) atoms. The number of ether oxygens (including phenoxy) is 2. The quantitative estimate of drug-likeness (QED) is 0.332. The van der Waals surface area contributed by atoms with E-state index in [2.05, 4.69) is 35.8 Å². The first-order chi connectivity index (χ1) is 19.7. The lowest BCUT2D eigenvalue weighted by atomic mass is 10.2. The maximum atomic E-state index is 12.5. The van der Waals surface area contributed by atoms with Crippen LogP contribution < -0.4 is 20.7 Å². The van der Waals surface area contributed by atoms with Crippen LogP contribution in [-0.4, -0.2) is 81.8 Å². The van der Waals surface area contributed by atoms with Gasteiger partial charge >= 0.3 is 0 Å². The summed E-state index contributed by atoms with van der Waals surface area (Å²) in [5.74, 6) is -0.618. The molecular weight excluding hydrogens is 510 g/mol. The van der Waals surface area contributed by atoms with Crippen LogP contribution in [0, 0.1) is 0 Å². The minimum atomic E-state index is -0.309. The molecule has 11 heteroatoms. The van der Waals surface area contributed by atoms with Gasteiger partial charge in [0.05, 0.1) is 38.9 Å². The van der Waals surface area contributed by atoms with Gasteiger partial charge in [-0.05, 0) is 54.6 Å². The molecule has 2 amide bonds. The molecule has 1 aromatic heterocycles. The standard InChI is InChI=1S/C29H31N7O4/c37-28(24-1-5-26(6-2-24)35-9-13-39-14-10-35)33-31-20-22-17-23(19-30-18-22)21-32-34-29(38)25-3-7-27(8-4-25)36-11-15-40-16-12-36/h1-8,17-21H,9-16H2,(H,33,37)(H,34,38). The highest BCUT2D eigenvalue weighted by Gasteiger charge is 2.13. The molecule has 2 aliphatic rings. The summed E-state index contributed by atoms with van der Waals surface area (Å²) in [5, 5.41) is 8.09. The number of hydrogen-bond acceptors (Lipinski definition) is 9. The van der Waals surface area contributed by atoms with Crippen molar-refractivity contribution in [2.45, 2.75) is 0 Å². The van der Waals surface area contributed by atoms with Gasteiger partial charge in [0, 0.05) is 72.2 Å². The van der Waals surface area contributed by atoms with Crippen LogP contribution in [0.1, 0.15) is 31.8 Å². The molecule has 2 fully saturated rings. The molecule has 0 saturated carbocycles. The zero-order chi connectivity index (χ0) is 27.6. The minimum Gasteiger partial charge on any atom is -0.378 e. The number of morpholine rings is 2. The molecule has 2 aromatic carbocycles. The summed E-state index contributed by atoms with van der Waals surface area (Å²) in [6, 6.07) is 16.6. The maximum Gasteiger partial charge on any atom is 0.271 e. The van der Waals surface area contributed by atoms with Crippen molar-refractivity contribution in [2.24, 2.45) is 10.2 Å². The fraction of sp³-hybridized carbons (Fsp3) is 0.276. The fourth-order valence-corrected chi connectivity index (χ4v) is 4.37. The van der Waals surface area contributed by atoms with E-state index in [0.29, 0.717) is 48.7 Å². The second-order valence-electron chi connectivity index (χ2n) is 9.24. The number of pyridine rings is 1. The van der Waals surface area contributed by atoms with Gasteiger partial charge in [-0.25, -0.2) is 10.9 Å². The predicted octanol–water partition coefficient (Wildman–Crippen LogP) is 2.28. The van der Waals surface area contributed by atoms with Crippen LogP contribution >= 0.6 is 0 Å². The van der Waals surface area contributed by atoms with Gasteiger partial charge in [-0.2, -0.15) is 10.2 Å². The van der Waals surface area contributed by atoms with E-state index in [1.165, 1.54) is 12.4 Å². The van der Waals surface area contributed by atoms with Crippen molar-refractivity contribution in [3.63, 3.8) is 0 Å². The Labute approximate surface area is 232 Å². The van der Waals surface area contributed by atoms with E-state index in [1.54, 1.807) is 42.7 Å².